The SMILES string of the molecule is Nc1nn(COC2CCCOC2)cc1Cl. The van der Waals surface area contributed by atoms with E-state index in [9.17, 15) is 0 Å². The van der Waals surface area contributed by atoms with Crippen molar-refractivity contribution in [3.8, 4) is 0 Å². The first-order chi connectivity index (χ1) is 7.25. The molecule has 0 amide bonds. The molecule has 2 N–H and O–H groups in total. The zero-order chi connectivity index (χ0) is 10.7. The van der Waals surface area contributed by atoms with Crippen LogP contribution in [0, 0.1) is 0 Å². The molecule has 6 heteroatoms. The summed E-state index contributed by atoms with van der Waals surface area (Å²) in [6.45, 7) is 1.86. The summed E-state index contributed by atoms with van der Waals surface area (Å²) in [5.41, 5.74) is 5.51. The highest BCUT2D eigenvalue weighted by Gasteiger charge is 2.14. The van der Waals surface area contributed by atoms with E-state index in [2.05, 4.69) is 5.10 Å². The molecule has 0 aliphatic carbocycles. The Labute approximate surface area is 93.1 Å². The van der Waals surface area contributed by atoms with Gasteiger partial charge >= 0.3 is 0 Å². The van der Waals surface area contributed by atoms with E-state index < -0.39 is 0 Å². The number of nitrogens with two attached hydrogens (primary N) is 1. The van der Waals surface area contributed by atoms with Crippen LogP contribution in [0.25, 0.3) is 0 Å². The van der Waals surface area contributed by atoms with Crippen molar-refractivity contribution in [1.82, 2.24) is 9.78 Å². The Kier molecular flexibility index (Phi) is 3.45. The van der Waals surface area contributed by atoms with Gasteiger partial charge in [-0.2, -0.15) is 5.10 Å². The van der Waals surface area contributed by atoms with Gasteiger partial charge in [0.1, 0.15) is 11.8 Å². The first-order valence-corrected chi connectivity index (χ1v) is 5.31. The van der Waals surface area contributed by atoms with E-state index in [0.717, 1.165) is 19.4 Å². The molecule has 0 saturated carbocycles. The Morgan fingerprint density at radius 1 is 1.73 bits per heavy atom. The van der Waals surface area contributed by atoms with Crippen molar-refractivity contribution >= 4 is 17.4 Å². The van der Waals surface area contributed by atoms with Gasteiger partial charge in [0.25, 0.3) is 0 Å². The van der Waals surface area contributed by atoms with E-state index in [4.69, 9.17) is 26.8 Å². The molecule has 1 aliphatic heterocycles. The van der Waals surface area contributed by atoms with Crippen molar-refractivity contribution < 1.29 is 9.47 Å². The van der Waals surface area contributed by atoms with E-state index in [1.165, 1.54) is 0 Å². The molecule has 1 saturated heterocycles. The fourth-order valence-electron chi connectivity index (χ4n) is 1.50. The van der Waals surface area contributed by atoms with Crippen molar-refractivity contribution in [1.29, 1.82) is 0 Å². The Balaban J connectivity index is 1.81. The average molecular weight is 232 g/mol. The third kappa shape index (κ3) is 2.84. The van der Waals surface area contributed by atoms with Crippen LogP contribution in [-0.4, -0.2) is 29.1 Å². The number of nitrogens with zero attached hydrogens (tertiary/aromatic N) is 2. The second-order valence-electron chi connectivity index (χ2n) is 3.54. The van der Waals surface area contributed by atoms with Crippen molar-refractivity contribution in [3.05, 3.63) is 11.2 Å². The molecule has 1 aliphatic rings. The van der Waals surface area contributed by atoms with Crippen LogP contribution in [0.3, 0.4) is 0 Å². The fourth-order valence-corrected chi connectivity index (χ4v) is 1.65. The molecule has 1 aromatic rings. The van der Waals surface area contributed by atoms with E-state index >= 15 is 0 Å². The number of nitrogen functional groups attached to an aromatic ring is 1. The van der Waals surface area contributed by atoms with E-state index in [-0.39, 0.29) is 6.10 Å². The molecule has 0 radical (unpaired) electrons. The molecule has 15 heavy (non-hydrogen) atoms. The van der Waals surface area contributed by atoms with Crippen LogP contribution in [0.4, 0.5) is 5.82 Å². The van der Waals surface area contributed by atoms with Gasteiger partial charge in [0, 0.05) is 12.8 Å². The van der Waals surface area contributed by atoms with Gasteiger partial charge in [-0.15, -0.1) is 0 Å². The van der Waals surface area contributed by atoms with Crippen molar-refractivity contribution in [2.24, 2.45) is 0 Å². The van der Waals surface area contributed by atoms with Crippen LogP contribution in [0.2, 0.25) is 5.02 Å². The van der Waals surface area contributed by atoms with Gasteiger partial charge in [0.05, 0.1) is 12.7 Å². The molecule has 1 fully saturated rings. The van der Waals surface area contributed by atoms with Crippen molar-refractivity contribution in [2.45, 2.75) is 25.7 Å². The number of anilines is 1. The first-order valence-electron chi connectivity index (χ1n) is 4.93. The van der Waals surface area contributed by atoms with E-state index in [0.29, 0.717) is 24.2 Å². The minimum absolute atomic E-state index is 0.156. The highest BCUT2D eigenvalue weighted by molar-refractivity contribution is 6.32. The summed E-state index contributed by atoms with van der Waals surface area (Å²) in [7, 11) is 0. The highest BCUT2D eigenvalue weighted by Crippen LogP contribution is 2.16. The normalized spacial score (nSPS) is 21.8. The second kappa shape index (κ2) is 4.83. The van der Waals surface area contributed by atoms with Crippen molar-refractivity contribution in [3.63, 3.8) is 0 Å². The molecule has 84 valence electrons. The van der Waals surface area contributed by atoms with Crippen LogP contribution >= 0.6 is 11.6 Å². The molecular weight excluding hydrogens is 218 g/mol. The van der Waals surface area contributed by atoms with Gasteiger partial charge < -0.3 is 15.2 Å². The zero-order valence-electron chi connectivity index (χ0n) is 8.36. The number of hydrogen-bond acceptors (Lipinski definition) is 4. The van der Waals surface area contributed by atoms with Gasteiger partial charge in [-0.05, 0) is 12.8 Å². The maximum Gasteiger partial charge on any atom is 0.164 e. The molecule has 1 atom stereocenters. The smallest absolute Gasteiger partial charge is 0.164 e. The van der Waals surface area contributed by atoms with Crippen LogP contribution in [0.1, 0.15) is 12.8 Å². The van der Waals surface area contributed by atoms with Crippen LogP contribution in [0.15, 0.2) is 6.20 Å². The summed E-state index contributed by atoms with van der Waals surface area (Å²) in [6.07, 6.45) is 3.89. The minimum atomic E-state index is 0.156. The molecule has 5 nitrogen and oxygen atoms in total. The number of halogens is 1. The molecule has 1 aromatic heterocycles. The summed E-state index contributed by atoms with van der Waals surface area (Å²) in [4.78, 5) is 0. The third-order valence-corrected chi connectivity index (χ3v) is 2.60. The lowest BCUT2D eigenvalue weighted by Gasteiger charge is -2.22. The number of hydrogen-bond donors (Lipinski definition) is 1. The fraction of sp³-hybridized carbons (Fsp3) is 0.667. The minimum Gasteiger partial charge on any atom is -0.381 e. The molecule has 0 spiro atoms. The largest absolute Gasteiger partial charge is 0.381 e. The number of aromatic nitrogens is 2. The lowest BCUT2D eigenvalue weighted by molar-refractivity contribution is -0.0760. The Morgan fingerprint density at radius 2 is 2.60 bits per heavy atom. The average Bonchev–Trinajstić information content (AvgIpc) is 2.57. The summed E-state index contributed by atoms with van der Waals surface area (Å²) < 4.78 is 12.5. The molecule has 0 bridgehead atoms. The Hall–Kier alpha value is -0.780. The van der Waals surface area contributed by atoms with Gasteiger partial charge in [-0.1, -0.05) is 11.6 Å². The molecule has 0 aromatic carbocycles. The molecule has 2 heterocycles. The Bertz CT molecular complexity index is 304. The molecular formula is C9H14ClN3O2. The van der Waals surface area contributed by atoms with Crippen molar-refractivity contribution in [2.75, 3.05) is 18.9 Å². The second-order valence-corrected chi connectivity index (χ2v) is 3.94. The number of ether oxygens (including phenoxy) is 2. The Morgan fingerprint density at radius 3 is 3.20 bits per heavy atom. The number of rotatable bonds is 3. The topological polar surface area (TPSA) is 62.3 Å². The predicted octanol–water partition coefficient (Wildman–Crippen LogP) is 1.27. The van der Waals surface area contributed by atoms with Crippen LogP contribution in [-0.2, 0) is 16.2 Å². The zero-order valence-corrected chi connectivity index (χ0v) is 9.11. The van der Waals surface area contributed by atoms with Gasteiger partial charge in [0.15, 0.2) is 5.82 Å². The summed E-state index contributed by atoms with van der Waals surface area (Å²) in [6, 6.07) is 0. The molecule has 1 unspecified atom stereocenters. The first kappa shape index (κ1) is 10.7. The van der Waals surface area contributed by atoms with Gasteiger partial charge in [-0.3, -0.25) is 0 Å². The lowest BCUT2D eigenvalue weighted by atomic mass is 10.2. The van der Waals surface area contributed by atoms with Gasteiger partial charge in [0.2, 0.25) is 0 Å². The standard InChI is InChI=1S/C9H14ClN3O2/c10-8-4-13(12-9(8)11)6-15-7-2-1-3-14-5-7/h4,7H,1-3,5-6H2,(H2,11,12). The third-order valence-electron chi connectivity index (χ3n) is 2.30. The maximum absolute atomic E-state index is 5.76. The molecule has 2 rings (SSSR count). The highest BCUT2D eigenvalue weighted by atomic mass is 35.5. The lowest BCUT2D eigenvalue weighted by Crippen LogP contribution is -2.26. The van der Waals surface area contributed by atoms with Crippen LogP contribution in [0.5, 0.6) is 0 Å². The summed E-state index contributed by atoms with van der Waals surface area (Å²) in [5.74, 6) is 0.333. The quantitative estimate of drug-likeness (QED) is 0.851. The monoisotopic (exact) mass is 231 g/mol. The van der Waals surface area contributed by atoms with E-state index in [1.807, 2.05) is 0 Å². The summed E-state index contributed by atoms with van der Waals surface area (Å²) in [5, 5.41) is 4.45. The maximum atomic E-state index is 5.76. The van der Waals surface area contributed by atoms with Gasteiger partial charge in [-0.25, -0.2) is 4.68 Å². The van der Waals surface area contributed by atoms with Crippen LogP contribution < -0.4 is 5.73 Å². The predicted molar refractivity (Wildman–Crippen MR) is 56.6 cm³/mol. The van der Waals surface area contributed by atoms with E-state index in [1.54, 1.807) is 10.9 Å². The summed E-state index contributed by atoms with van der Waals surface area (Å²) >= 11 is 5.76.